The van der Waals surface area contributed by atoms with Gasteiger partial charge in [0.2, 0.25) is 0 Å². The van der Waals surface area contributed by atoms with Crippen LogP contribution in [0.25, 0.3) is 0 Å². The Balaban J connectivity index is 3.35. The third-order valence-corrected chi connectivity index (χ3v) is 1.23. The molecule has 0 heterocycles. The van der Waals surface area contributed by atoms with Gasteiger partial charge in [-0.25, -0.2) is 4.79 Å². The van der Waals surface area contributed by atoms with Gasteiger partial charge >= 0.3 is 6.16 Å². The molecule has 0 fully saturated rings. The van der Waals surface area contributed by atoms with Gasteiger partial charge in [-0.2, -0.15) is 0 Å². The highest BCUT2D eigenvalue weighted by atomic mass is 16.7. The molecule has 0 saturated heterocycles. The van der Waals surface area contributed by atoms with Crippen molar-refractivity contribution in [3.63, 3.8) is 0 Å². The highest BCUT2D eigenvalue weighted by molar-refractivity contribution is 5.59. The molecule has 0 aliphatic heterocycles. The van der Waals surface area contributed by atoms with Crippen molar-refractivity contribution in [3.8, 4) is 0 Å². The lowest BCUT2D eigenvalue weighted by atomic mass is 10.2. The summed E-state index contributed by atoms with van der Waals surface area (Å²) >= 11 is 0. The fourth-order valence-corrected chi connectivity index (χ4v) is 0.627. The summed E-state index contributed by atoms with van der Waals surface area (Å²) in [6.07, 6.45) is 4.10. The van der Waals surface area contributed by atoms with Crippen molar-refractivity contribution in [1.82, 2.24) is 0 Å². The van der Waals surface area contributed by atoms with Crippen molar-refractivity contribution in [1.29, 1.82) is 0 Å². The number of ether oxygens (including phenoxy) is 2. The van der Waals surface area contributed by atoms with Crippen LogP contribution in [0.2, 0.25) is 0 Å². The van der Waals surface area contributed by atoms with Crippen LogP contribution in [0.5, 0.6) is 0 Å². The molecule has 0 rings (SSSR count). The summed E-state index contributed by atoms with van der Waals surface area (Å²) in [7, 11) is 0. The molecular formula is C10H18O3. The topological polar surface area (TPSA) is 35.5 Å². The van der Waals surface area contributed by atoms with Gasteiger partial charge in [0.15, 0.2) is 0 Å². The molecule has 0 saturated carbocycles. The fourth-order valence-electron chi connectivity index (χ4n) is 0.627. The Labute approximate surface area is 79.7 Å². The fraction of sp³-hybridized carbons (Fsp3) is 0.700. The Kier molecular flexibility index (Phi) is 7.07. The number of allylic oxidation sites excluding steroid dienone is 1. The summed E-state index contributed by atoms with van der Waals surface area (Å²) < 4.78 is 9.54. The minimum Gasteiger partial charge on any atom is -0.434 e. The Bertz CT molecular complexity index is 162. The first-order valence-electron chi connectivity index (χ1n) is 4.61. The maximum atomic E-state index is 10.8. The average Bonchev–Trinajstić information content (AvgIpc) is 2.09. The Hall–Kier alpha value is -0.990. The third kappa shape index (κ3) is 8.92. The highest BCUT2D eigenvalue weighted by Crippen LogP contribution is 1.94. The summed E-state index contributed by atoms with van der Waals surface area (Å²) in [6, 6.07) is 0. The molecule has 0 bridgehead atoms. The van der Waals surface area contributed by atoms with Crippen LogP contribution < -0.4 is 0 Å². The molecule has 0 radical (unpaired) electrons. The van der Waals surface area contributed by atoms with E-state index in [0.29, 0.717) is 19.1 Å². The second kappa shape index (κ2) is 7.65. The van der Waals surface area contributed by atoms with Crippen LogP contribution >= 0.6 is 0 Å². The minimum absolute atomic E-state index is 0.296. The van der Waals surface area contributed by atoms with Crippen molar-refractivity contribution in [3.05, 3.63) is 12.2 Å². The van der Waals surface area contributed by atoms with E-state index >= 15 is 0 Å². The van der Waals surface area contributed by atoms with Crippen molar-refractivity contribution in [2.24, 2.45) is 5.92 Å². The average molecular weight is 186 g/mol. The van der Waals surface area contributed by atoms with Crippen molar-refractivity contribution >= 4 is 6.16 Å². The van der Waals surface area contributed by atoms with E-state index in [2.05, 4.69) is 0 Å². The molecule has 3 nitrogen and oxygen atoms in total. The van der Waals surface area contributed by atoms with Gasteiger partial charge in [0.05, 0.1) is 6.61 Å². The van der Waals surface area contributed by atoms with Crippen molar-refractivity contribution in [2.75, 3.05) is 13.2 Å². The zero-order valence-electron chi connectivity index (χ0n) is 8.58. The van der Waals surface area contributed by atoms with E-state index in [1.54, 1.807) is 6.08 Å². The molecule has 76 valence electrons. The van der Waals surface area contributed by atoms with E-state index in [1.807, 2.05) is 26.8 Å². The summed E-state index contributed by atoms with van der Waals surface area (Å²) in [6.45, 7) is 6.68. The van der Waals surface area contributed by atoms with Gasteiger partial charge in [-0.05, 0) is 12.3 Å². The van der Waals surface area contributed by atoms with Crippen LogP contribution in [0.1, 0.15) is 27.2 Å². The van der Waals surface area contributed by atoms with E-state index in [-0.39, 0.29) is 0 Å². The second-order valence-corrected chi connectivity index (χ2v) is 3.15. The molecule has 0 aliphatic rings. The maximum absolute atomic E-state index is 10.8. The molecule has 13 heavy (non-hydrogen) atoms. The zero-order chi connectivity index (χ0) is 10.1. The molecule has 0 aliphatic carbocycles. The predicted octanol–water partition coefficient (Wildman–Crippen LogP) is 2.76. The van der Waals surface area contributed by atoms with Crippen LogP contribution in [0, 0.1) is 5.92 Å². The summed E-state index contributed by atoms with van der Waals surface area (Å²) in [4.78, 5) is 10.8. The first-order chi connectivity index (χ1) is 6.16. The summed E-state index contributed by atoms with van der Waals surface area (Å²) in [5.74, 6) is 0.346. The van der Waals surface area contributed by atoms with Crippen molar-refractivity contribution in [2.45, 2.75) is 27.2 Å². The second-order valence-electron chi connectivity index (χ2n) is 3.15. The summed E-state index contributed by atoms with van der Waals surface area (Å²) in [5.41, 5.74) is 0. The zero-order valence-corrected chi connectivity index (χ0v) is 8.58. The van der Waals surface area contributed by atoms with Crippen LogP contribution in [-0.2, 0) is 9.47 Å². The molecule has 0 N–H and O–H groups in total. The lowest BCUT2D eigenvalue weighted by Gasteiger charge is -2.05. The highest BCUT2D eigenvalue weighted by Gasteiger charge is 2.02. The smallest absolute Gasteiger partial charge is 0.434 e. The molecule has 0 aromatic carbocycles. The minimum atomic E-state index is -0.588. The Morgan fingerprint density at radius 2 is 2.00 bits per heavy atom. The molecular weight excluding hydrogens is 168 g/mol. The lowest BCUT2D eigenvalue weighted by Crippen LogP contribution is -2.11. The van der Waals surface area contributed by atoms with Gasteiger partial charge in [0, 0.05) is 0 Å². The number of hydrogen-bond acceptors (Lipinski definition) is 3. The molecule has 0 aromatic heterocycles. The van der Waals surface area contributed by atoms with Gasteiger partial charge in [-0.3, -0.25) is 0 Å². The van der Waals surface area contributed by atoms with E-state index < -0.39 is 6.16 Å². The van der Waals surface area contributed by atoms with Crippen LogP contribution in [0.4, 0.5) is 4.79 Å². The van der Waals surface area contributed by atoms with Gasteiger partial charge in [-0.1, -0.05) is 32.9 Å². The first-order valence-corrected chi connectivity index (χ1v) is 4.61. The Morgan fingerprint density at radius 3 is 2.54 bits per heavy atom. The van der Waals surface area contributed by atoms with E-state index in [9.17, 15) is 4.79 Å². The predicted molar refractivity (Wildman–Crippen MR) is 51.6 cm³/mol. The quantitative estimate of drug-likeness (QED) is 0.489. The SMILES string of the molecule is CC/C=C/COC(=O)OCC(C)C. The first kappa shape index (κ1) is 12.0. The molecule has 0 spiro atoms. The number of hydrogen-bond donors (Lipinski definition) is 0. The van der Waals surface area contributed by atoms with Crippen LogP contribution in [-0.4, -0.2) is 19.4 Å². The van der Waals surface area contributed by atoms with E-state index in [0.717, 1.165) is 6.42 Å². The third-order valence-electron chi connectivity index (χ3n) is 1.23. The van der Waals surface area contributed by atoms with Crippen LogP contribution in [0.3, 0.4) is 0 Å². The van der Waals surface area contributed by atoms with Gasteiger partial charge in [-0.15, -0.1) is 0 Å². The number of rotatable bonds is 5. The monoisotopic (exact) mass is 186 g/mol. The van der Waals surface area contributed by atoms with Gasteiger partial charge < -0.3 is 9.47 Å². The van der Waals surface area contributed by atoms with E-state index in [4.69, 9.17) is 9.47 Å². The standard InChI is InChI=1S/C10H18O3/c1-4-5-6-7-12-10(11)13-8-9(2)3/h5-6,9H,4,7-8H2,1-3H3/b6-5+. The normalized spacial score (nSPS) is 10.8. The lowest BCUT2D eigenvalue weighted by molar-refractivity contribution is 0.0550. The summed E-state index contributed by atoms with van der Waals surface area (Å²) in [5, 5.41) is 0. The van der Waals surface area contributed by atoms with Gasteiger partial charge in [0.25, 0.3) is 0 Å². The molecule has 0 unspecified atom stereocenters. The largest absolute Gasteiger partial charge is 0.508 e. The number of carbonyl (C=O) groups excluding carboxylic acids is 1. The molecule has 0 aromatic rings. The van der Waals surface area contributed by atoms with Crippen molar-refractivity contribution < 1.29 is 14.3 Å². The maximum Gasteiger partial charge on any atom is 0.508 e. The van der Waals surface area contributed by atoms with Crippen LogP contribution in [0.15, 0.2) is 12.2 Å². The number of carbonyl (C=O) groups is 1. The molecule has 0 amide bonds. The van der Waals surface area contributed by atoms with Gasteiger partial charge in [0.1, 0.15) is 6.61 Å². The van der Waals surface area contributed by atoms with E-state index in [1.165, 1.54) is 0 Å². The molecule has 0 atom stereocenters. The Morgan fingerprint density at radius 1 is 1.31 bits per heavy atom. The molecule has 3 heteroatoms.